The number of nitrogens with one attached hydrogen (secondary N) is 1. The number of fused-ring (bicyclic) bond motifs is 1. The number of hydrogen-bond acceptors (Lipinski definition) is 5. The summed E-state index contributed by atoms with van der Waals surface area (Å²) in [5, 5.41) is 3.44. The van der Waals surface area contributed by atoms with Crippen molar-refractivity contribution in [3.05, 3.63) is 58.8 Å². The van der Waals surface area contributed by atoms with Crippen LogP contribution in [0, 0.1) is 0 Å². The number of sulfonamides is 1. The van der Waals surface area contributed by atoms with Gasteiger partial charge in [0, 0.05) is 29.1 Å². The van der Waals surface area contributed by atoms with Crippen LogP contribution in [-0.2, 0) is 10.0 Å². The number of rotatable bonds is 5. The fourth-order valence-corrected chi connectivity index (χ4v) is 5.10. The van der Waals surface area contributed by atoms with Crippen LogP contribution < -0.4 is 11.1 Å². The van der Waals surface area contributed by atoms with Crippen molar-refractivity contribution in [3.8, 4) is 0 Å². The largest absolute Gasteiger partial charge is 0.449 e. The molecule has 156 valence electrons. The number of hydrogen-bond donors (Lipinski definition) is 2. The van der Waals surface area contributed by atoms with Gasteiger partial charge < -0.3 is 15.5 Å². The number of halogens is 1. The van der Waals surface area contributed by atoms with Gasteiger partial charge >= 0.3 is 0 Å². The molecule has 10 heteroatoms. The number of furan rings is 1. The van der Waals surface area contributed by atoms with E-state index in [0.29, 0.717) is 29.1 Å². The predicted octanol–water partition coefficient (Wildman–Crippen LogP) is 3.22. The van der Waals surface area contributed by atoms with Crippen molar-refractivity contribution in [2.75, 3.05) is 18.4 Å². The molecule has 2 heterocycles. The molecule has 3 N–H and O–H groups in total. The second-order valence-corrected chi connectivity index (χ2v) is 9.27. The van der Waals surface area contributed by atoms with Gasteiger partial charge in [-0.25, -0.2) is 8.42 Å². The summed E-state index contributed by atoms with van der Waals surface area (Å²) in [6.45, 7) is 0.993. The van der Waals surface area contributed by atoms with Crippen LogP contribution in [0.2, 0.25) is 5.02 Å². The number of carbonyl (C=O) groups excluding carboxylic acids is 2. The van der Waals surface area contributed by atoms with Crippen LogP contribution >= 0.6 is 11.6 Å². The van der Waals surface area contributed by atoms with E-state index in [9.17, 15) is 18.0 Å². The number of benzene rings is 2. The third-order valence-corrected chi connectivity index (χ3v) is 7.08. The summed E-state index contributed by atoms with van der Waals surface area (Å²) in [6.07, 6.45) is 1.68. The first-order valence-electron chi connectivity index (χ1n) is 9.21. The normalized spacial score (nSPS) is 14.8. The molecule has 1 aliphatic rings. The Kier molecular flexibility index (Phi) is 5.27. The van der Waals surface area contributed by atoms with Gasteiger partial charge in [0.1, 0.15) is 11.3 Å². The maximum Gasteiger partial charge on any atom is 0.286 e. The Morgan fingerprint density at radius 3 is 2.37 bits per heavy atom. The Labute approximate surface area is 177 Å². The van der Waals surface area contributed by atoms with Crippen molar-refractivity contribution in [2.45, 2.75) is 17.7 Å². The summed E-state index contributed by atoms with van der Waals surface area (Å²) in [6, 6.07) is 10.3. The number of nitrogens with zero attached hydrogens (tertiary/aromatic N) is 1. The molecule has 2 amide bonds. The highest BCUT2D eigenvalue weighted by atomic mass is 35.5. The van der Waals surface area contributed by atoms with Crippen molar-refractivity contribution < 1.29 is 22.4 Å². The summed E-state index contributed by atoms with van der Waals surface area (Å²) < 4.78 is 32.1. The first-order chi connectivity index (χ1) is 14.3. The lowest BCUT2D eigenvalue weighted by Gasteiger charge is -2.15. The molecular weight excluding hydrogens is 430 g/mol. The molecule has 0 aliphatic carbocycles. The van der Waals surface area contributed by atoms with Crippen LogP contribution in [0.3, 0.4) is 0 Å². The van der Waals surface area contributed by atoms with Gasteiger partial charge in [-0.3, -0.25) is 9.59 Å². The molecule has 1 fully saturated rings. The minimum Gasteiger partial charge on any atom is -0.449 e. The monoisotopic (exact) mass is 447 g/mol. The van der Waals surface area contributed by atoms with Crippen LogP contribution in [-0.4, -0.2) is 37.6 Å². The summed E-state index contributed by atoms with van der Waals surface area (Å²) in [7, 11) is -3.57. The highest BCUT2D eigenvalue weighted by Crippen LogP contribution is 2.33. The predicted molar refractivity (Wildman–Crippen MR) is 112 cm³/mol. The Bertz CT molecular complexity index is 1250. The zero-order valence-electron chi connectivity index (χ0n) is 15.7. The molecule has 3 aromatic rings. The molecule has 0 bridgehead atoms. The Balaban J connectivity index is 1.62. The smallest absolute Gasteiger partial charge is 0.286 e. The van der Waals surface area contributed by atoms with E-state index in [-0.39, 0.29) is 21.9 Å². The van der Waals surface area contributed by atoms with Crippen LogP contribution in [0.4, 0.5) is 5.69 Å². The van der Waals surface area contributed by atoms with Gasteiger partial charge in [-0.15, -0.1) is 0 Å². The molecule has 0 atom stereocenters. The number of carbonyl (C=O) groups is 2. The summed E-state index contributed by atoms with van der Waals surface area (Å²) in [5.74, 6) is -1.59. The van der Waals surface area contributed by atoms with Crippen LogP contribution in [0.5, 0.6) is 0 Å². The number of anilines is 1. The molecule has 1 saturated heterocycles. The molecule has 0 spiro atoms. The number of amides is 2. The van der Waals surface area contributed by atoms with Gasteiger partial charge in [0.25, 0.3) is 11.8 Å². The second-order valence-electron chi connectivity index (χ2n) is 6.90. The molecule has 8 nitrogen and oxygen atoms in total. The van der Waals surface area contributed by atoms with Gasteiger partial charge in [-0.1, -0.05) is 11.6 Å². The fourth-order valence-electron chi connectivity index (χ4n) is 3.41. The number of nitrogens with two attached hydrogens (primary N) is 1. The van der Waals surface area contributed by atoms with Gasteiger partial charge in [0.2, 0.25) is 15.8 Å². The van der Waals surface area contributed by atoms with Gasteiger partial charge in [-0.2, -0.15) is 4.31 Å². The van der Waals surface area contributed by atoms with Crippen molar-refractivity contribution >= 4 is 50.1 Å². The maximum absolute atomic E-state index is 12.7. The molecule has 30 heavy (non-hydrogen) atoms. The van der Waals surface area contributed by atoms with E-state index in [1.807, 2.05) is 0 Å². The molecule has 0 radical (unpaired) electrons. The second kappa shape index (κ2) is 7.75. The molecule has 2 aromatic carbocycles. The van der Waals surface area contributed by atoms with E-state index in [4.69, 9.17) is 21.8 Å². The minimum atomic E-state index is -3.57. The third kappa shape index (κ3) is 3.67. The highest BCUT2D eigenvalue weighted by Gasteiger charge is 2.27. The molecule has 4 rings (SSSR count). The molecule has 1 aromatic heterocycles. The quantitative estimate of drug-likeness (QED) is 0.621. The van der Waals surface area contributed by atoms with E-state index in [1.54, 1.807) is 18.2 Å². The van der Waals surface area contributed by atoms with Crippen LogP contribution in [0.25, 0.3) is 11.0 Å². The average molecular weight is 448 g/mol. The summed E-state index contributed by atoms with van der Waals surface area (Å²) >= 11 is 6.02. The van der Waals surface area contributed by atoms with E-state index in [1.165, 1.54) is 28.6 Å². The lowest BCUT2D eigenvalue weighted by molar-refractivity contribution is 0.0977. The van der Waals surface area contributed by atoms with Gasteiger partial charge in [0.05, 0.1) is 4.90 Å². The van der Waals surface area contributed by atoms with Crippen molar-refractivity contribution in [1.82, 2.24) is 4.31 Å². The fraction of sp³-hybridized carbons (Fsp3) is 0.200. The molecule has 1 aliphatic heterocycles. The van der Waals surface area contributed by atoms with Crippen molar-refractivity contribution in [3.63, 3.8) is 0 Å². The lowest BCUT2D eigenvalue weighted by Crippen LogP contribution is -2.27. The zero-order chi connectivity index (χ0) is 21.5. The average Bonchev–Trinajstić information content (AvgIpc) is 3.37. The molecule has 0 saturated carbocycles. The summed E-state index contributed by atoms with van der Waals surface area (Å²) in [5.41, 5.74) is 6.03. The topological polar surface area (TPSA) is 123 Å². The van der Waals surface area contributed by atoms with E-state index in [0.717, 1.165) is 12.8 Å². The van der Waals surface area contributed by atoms with Crippen molar-refractivity contribution in [2.24, 2.45) is 5.73 Å². The molecule has 0 unspecified atom stereocenters. The Hall–Kier alpha value is -2.88. The first-order valence-corrected chi connectivity index (χ1v) is 11.0. The lowest BCUT2D eigenvalue weighted by atomic mass is 10.1. The van der Waals surface area contributed by atoms with Gasteiger partial charge in [-0.05, 0) is 55.3 Å². The van der Waals surface area contributed by atoms with E-state index in [2.05, 4.69) is 5.32 Å². The standard InChI is InChI=1S/C20H18ClN3O5S/c21-13-5-8-16-15(11-13)17(18(29-16)19(22)25)23-20(26)12-3-6-14(7-4-12)30(27,28)24-9-1-2-10-24/h3-8,11H,1-2,9-10H2,(H2,22,25)(H,23,26). The van der Waals surface area contributed by atoms with E-state index >= 15 is 0 Å². The SMILES string of the molecule is NC(=O)c1oc2ccc(Cl)cc2c1NC(=O)c1ccc(S(=O)(=O)N2CCCC2)cc1. The number of primary amides is 1. The van der Waals surface area contributed by atoms with Gasteiger partial charge in [0.15, 0.2) is 0 Å². The maximum atomic E-state index is 12.7. The summed E-state index contributed by atoms with van der Waals surface area (Å²) in [4.78, 5) is 24.6. The molecular formula is C20H18ClN3O5S. The first kappa shape index (κ1) is 20.4. The van der Waals surface area contributed by atoms with E-state index < -0.39 is 21.8 Å². The van der Waals surface area contributed by atoms with Crippen LogP contribution in [0.1, 0.15) is 33.8 Å². The van der Waals surface area contributed by atoms with Crippen LogP contribution in [0.15, 0.2) is 51.8 Å². The minimum absolute atomic E-state index is 0.110. The Morgan fingerprint density at radius 2 is 1.73 bits per heavy atom. The van der Waals surface area contributed by atoms with Crippen molar-refractivity contribution in [1.29, 1.82) is 0 Å². The Morgan fingerprint density at radius 1 is 1.07 bits per heavy atom. The zero-order valence-corrected chi connectivity index (χ0v) is 17.3. The highest BCUT2D eigenvalue weighted by molar-refractivity contribution is 7.89. The third-order valence-electron chi connectivity index (χ3n) is 4.93.